The van der Waals surface area contributed by atoms with Crippen LogP contribution in [0.15, 0.2) is 50.8 Å². The van der Waals surface area contributed by atoms with E-state index in [4.69, 9.17) is 9.84 Å². The van der Waals surface area contributed by atoms with Gasteiger partial charge in [-0.1, -0.05) is 29.8 Å². The van der Waals surface area contributed by atoms with Crippen molar-refractivity contribution in [3.63, 3.8) is 0 Å². The van der Waals surface area contributed by atoms with Crippen LogP contribution in [0.25, 0.3) is 10.9 Å². The zero-order chi connectivity index (χ0) is 24.3. The molecule has 0 aliphatic rings. The number of rotatable bonds is 8. The van der Waals surface area contributed by atoms with Gasteiger partial charge in [-0.05, 0) is 37.6 Å². The Balaban J connectivity index is 2.19. The number of carboxylic acids is 1. The smallest absolute Gasteiger partial charge is 0.344 e. The van der Waals surface area contributed by atoms with Crippen LogP contribution in [0.1, 0.15) is 44.5 Å². The topological polar surface area (TPSA) is 137 Å². The van der Waals surface area contributed by atoms with Gasteiger partial charge in [0.1, 0.15) is 11.6 Å². The summed E-state index contributed by atoms with van der Waals surface area (Å²) in [7, 11) is 0. The number of fused-ring (bicyclic) bond motifs is 1. The first kappa shape index (κ1) is 24.1. The van der Waals surface area contributed by atoms with E-state index in [1.54, 1.807) is 18.2 Å². The summed E-state index contributed by atoms with van der Waals surface area (Å²) >= 11 is 3.35. The summed E-state index contributed by atoms with van der Waals surface area (Å²) in [6, 6.07) is 8.87. The van der Waals surface area contributed by atoms with Crippen LogP contribution in [0, 0.1) is 10.1 Å². The number of halogens is 1. The number of benzene rings is 2. The van der Waals surface area contributed by atoms with Crippen molar-refractivity contribution in [1.82, 2.24) is 9.66 Å². The fourth-order valence-electron chi connectivity index (χ4n) is 3.00. The van der Waals surface area contributed by atoms with Crippen molar-refractivity contribution in [2.75, 3.05) is 0 Å². The minimum atomic E-state index is -1.20. The maximum absolute atomic E-state index is 13.2. The lowest BCUT2D eigenvalue weighted by molar-refractivity contribution is -0.384. The highest BCUT2D eigenvalue weighted by Gasteiger charge is 2.19. The van der Waals surface area contributed by atoms with Crippen molar-refractivity contribution in [3.05, 3.63) is 72.7 Å². The monoisotopic (exact) mass is 516 g/mol. The van der Waals surface area contributed by atoms with Gasteiger partial charge in [-0.3, -0.25) is 14.9 Å². The Kier molecular flexibility index (Phi) is 7.22. The minimum absolute atomic E-state index is 0.0777. The van der Waals surface area contributed by atoms with Gasteiger partial charge in [0.15, 0.2) is 6.10 Å². The van der Waals surface area contributed by atoms with Gasteiger partial charge in [0.25, 0.3) is 11.2 Å². The number of nitrogens with zero attached hydrogens (tertiary/aromatic N) is 4. The van der Waals surface area contributed by atoms with E-state index in [1.165, 1.54) is 31.3 Å². The number of carbonyl (C=O) groups is 1. The highest BCUT2D eigenvalue weighted by atomic mass is 79.9. The lowest BCUT2D eigenvalue weighted by Gasteiger charge is -2.15. The normalized spacial score (nSPS) is 13.2. The highest BCUT2D eigenvalue weighted by molar-refractivity contribution is 9.10. The molecule has 33 heavy (non-hydrogen) atoms. The number of ether oxygens (including phenoxy) is 1. The zero-order valence-electron chi connectivity index (χ0n) is 18.1. The molecule has 0 spiro atoms. The Bertz CT molecular complexity index is 1320. The maximum Gasteiger partial charge on any atom is 0.344 e. The first-order chi connectivity index (χ1) is 15.6. The van der Waals surface area contributed by atoms with Crippen LogP contribution in [0.2, 0.25) is 0 Å². The van der Waals surface area contributed by atoms with Gasteiger partial charge in [-0.25, -0.2) is 9.78 Å². The van der Waals surface area contributed by atoms with Crippen LogP contribution in [-0.4, -0.2) is 38.0 Å². The SMILES string of the molecule is CC[C@@H](C)c1nc2ccc(Br)cc2c(=O)n1N=Cc1cc([N+](=O)[O-])ccc1O[C@@H](C)C(=O)O. The third kappa shape index (κ3) is 5.25. The van der Waals surface area contributed by atoms with E-state index >= 15 is 0 Å². The highest BCUT2D eigenvalue weighted by Crippen LogP contribution is 2.25. The van der Waals surface area contributed by atoms with Crippen molar-refractivity contribution in [2.45, 2.75) is 39.2 Å². The van der Waals surface area contributed by atoms with Gasteiger partial charge >= 0.3 is 5.97 Å². The predicted molar refractivity (Wildman–Crippen MR) is 126 cm³/mol. The maximum atomic E-state index is 13.2. The summed E-state index contributed by atoms with van der Waals surface area (Å²) in [5.74, 6) is -0.791. The summed E-state index contributed by atoms with van der Waals surface area (Å²) in [6.07, 6.45) is 0.734. The van der Waals surface area contributed by atoms with Crippen molar-refractivity contribution in [1.29, 1.82) is 0 Å². The van der Waals surface area contributed by atoms with E-state index in [0.717, 1.165) is 4.68 Å². The quantitative estimate of drug-likeness (QED) is 0.267. The fraction of sp³-hybridized carbons (Fsp3) is 0.273. The van der Waals surface area contributed by atoms with Crippen molar-refractivity contribution >= 4 is 44.7 Å². The molecule has 172 valence electrons. The summed E-state index contributed by atoms with van der Waals surface area (Å²) in [4.78, 5) is 39.7. The Labute approximate surface area is 196 Å². The van der Waals surface area contributed by atoms with Gasteiger partial charge in [-0.15, -0.1) is 0 Å². The number of aromatic nitrogens is 2. The largest absolute Gasteiger partial charge is 0.479 e. The molecule has 0 aliphatic heterocycles. The van der Waals surface area contributed by atoms with E-state index in [9.17, 15) is 19.7 Å². The van der Waals surface area contributed by atoms with Gasteiger partial charge in [0.2, 0.25) is 0 Å². The van der Waals surface area contributed by atoms with Gasteiger partial charge in [0.05, 0.1) is 22.0 Å². The second kappa shape index (κ2) is 9.90. The second-order valence-corrected chi connectivity index (χ2v) is 8.30. The van der Waals surface area contributed by atoms with Crippen molar-refractivity contribution in [2.24, 2.45) is 5.10 Å². The van der Waals surface area contributed by atoms with Gasteiger partial charge in [0, 0.05) is 28.1 Å². The number of carboxylic acid groups (broad SMARTS) is 1. The molecule has 0 amide bonds. The van der Waals surface area contributed by atoms with Crippen LogP contribution in [-0.2, 0) is 4.79 Å². The van der Waals surface area contributed by atoms with E-state index in [-0.39, 0.29) is 22.9 Å². The Morgan fingerprint density at radius 2 is 2.06 bits per heavy atom. The molecule has 11 heteroatoms. The molecule has 3 rings (SSSR count). The van der Waals surface area contributed by atoms with E-state index in [0.29, 0.717) is 27.6 Å². The fourth-order valence-corrected chi connectivity index (χ4v) is 3.36. The molecule has 2 atom stereocenters. The molecular weight excluding hydrogens is 496 g/mol. The van der Waals surface area contributed by atoms with E-state index in [2.05, 4.69) is 26.0 Å². The van der Waals surface area contributed by atoms with E-state index < -0.39 is 22.6 Å². The molecule has 3 aromatic rings. The second-order valence-electron chi connectivity index (χ2n) is 7.38. The molecule has 0 radical (unpaired) electrons. The zero-order valence-corrected chi connectivity index (χ0v) is 19.6. The Hall–Kier alpha value is -3.60. The van der Waals surface area contributed by atoms with Gasteiger partial charge < -0.3 is 9.84 Å². The van der Waals surface area contributed by atoms with Crippen molar-refractivity contribution < 1.29 is 19.6 Å². The number of aliphatic carboxylic acids is 1. The molecule has 0 bridgehead atoms. The Morgan fingerprint density at radius 3 is 2.70 bits per heavy atom. The van der Waals surface area contributed by atoms with E-state index in [1.807, 2.05) is 13.8 Å². The lowest BCUT2D eigenvalue weighted by atomic mass is 10.1. The van der Waals surface area contributed by atoms with Crippen molar-refractivity contribution in [3.8, 4) is 5.75 Å². The van der Waals surface area contributed by atoms with Crippen LogP contribution in [0.4, 0.5) is 5.69 Å². The average Bonchev–Trinajstić information content (AvgIpc) is 2.78. The number of hydrogen-bond acceptors (Lipinski definition) is 7. The first-order valence-corrected chi connectivity index (χ1v) is 10.9. The summed E-state index contributed by atoms with van der Waals surface area (Å²) in [5.41, 5.74) is 0.0368. The van der Waals surface area contributed by atoms with Crippen LogP contribution >= 0.6 is 15.9 Å². The third-order valence-corrected chi connectivity index (χ3v) is 5.55. The number of non-ortho nitro benzene ring substituents is 1. The third-order valence-electron chi connectivity index (χ3n) is 5.05. The molecule has 0 saturated heterocycles. The lowest BCUT2D eigenvalue weighted by Crippen LogP contribution is -2.24. The number of nitro benzene ring substituents is 1. The summed E-state index contributed by atoms with van der Waals surface area (Å²) in [6.45, 7) is 5.20. The van der Waals surface area contributed by atoms with Gasteiger partial charge in [-0.2, -0.15) is 9.78 Å². The molecule has 1 N–H and O–H groups in total. The van der Waals surface area contributed by atoms with Crippen LogP contribution in [0.3, 0.4) is 0 Å². The summed E-state index contributed by atoms with van der Waals surface area (Å²) in [5, 5.41) is 25.0. The molecule has 0 aliphatic carbocycles. The molecule has 0 saturated carbocycles. The number of nitro groups is 1. The molecule has 0 unspecified atom stereocenters. The molecular formula is C22H21BrN4O6. The standard InChI is InChI=1S/C22H21BrN4O6/c1-4-12(2)20-25-18-7-5-15(23)10-17(18)21(28)26(20)24-11-14-9-16(27(31)32)6-8-19(14)33-13(3)22(29)30/h5-13H,4H2,1-3H3,(H,29,30)/t12-,13+/m1/s1. The minimum Gasteiger partial charge on any atom is -0.479 e. The predicted octanol–water partition coefficient (Wildman–Crippen LogP) is 4.31. The molecule has 1 aromatic heterocycles. The van der Waals surface area contributed by atoms with Crippen LogP contribution < -0.4 is 10.3 Å². The summed E-state index contributed by atoms with van der Waals surface area (Å²) < 4.78 is 7.29. The average molecular weight is 517 g/mol. The molecule has 10 nitrogen and oxygen atoms in total. The molecule has 0 fully saturated rings. The Morgan fingerprint density at radius 1 is 1.33 bits per heavy atom. The number of hydrogen-bond donors (Lipinski definition) is 1. The molecule has 2 aromatic carbocycles. The first-order valence-electron chi connectivity index (χ1n) is 10.1. The molecule has 1 heterocycles. The van der Waals surface area contributed by atoms with Crippen LogP contribution in [0.5, 0.6) is 5.75 Å².